The first-order chi connectivity index (χ1) is 6.93. The molecule has 0 aromatic heterocycles. The molecule has 4 heteroatoms. The molecule has 0 aromatic rings. The molecule has 0 amide bonds. The normalized spacial score (nSPS) is 57.7. The van der Waals surface area contributed by atoms with Crippen LogP contribution in [0.3, 0.4) is 0 Å². The first-order valence-corrected chi connectivity index (χ1v) is 5.73. The summed E-state index contributed by atoms with van der Waals surface area (Å²) in [6.45, 7) is 0. The van der Waals surface area contributed by atoms with E-state index in [4.69, 9.17) is 0 Å². The summed E-state index contributed by atoms with van der Waals surface area (Å²) in [6.07, 6.45) is 5.03. The van der Waals surface area contributed by atoms with Crippen LogP contribution >= 0.6 is 0 Å². The van der Waals surface area contributed by atoms with Crippen LogP contribution in [0.15, 0.2) is 20.5 Å². The van der Waals surface area contributed by atoms with Crippen LogP contribution < -0.4 is 0 Å². The van der Waals surface area contributed by atoms with E-state index >= 15 is 0 Å². The molecule has 0 radical (unpaired) electrons. The molecule has 0 spiro atoms. The van der Waals surface area contributed by atoms with E-state index in [0.29, 0.717) is 36.0 Å². The van der Waals surface area contributed by atoms with E-state index in [0.717, 1.165) is 0 Å². The second-order valence-corrected chi connectivity index (χ2v) is 5.04. The Morgan fingerprint density at radius 3 is 1.00 bits per heavy atom. The lowest BCUT2D eigenvalue weighted by Crippen LogP contribution is -2.32. The zero-order chi connectivity index (χ0) is 9.12. The van der Waals surface area contributed by atoms with Gasteiger partial charge in [0, 0.05) is 11.8 Å². The summed E-state index contributed by atoms with van der Waals surface area (Å²) >= 11 is 0. The molecule has 4 aliphatic rings. The van der Waals surface area contributed by atoms with Crippen LogP contribution in [-0.4, -0.2) is 24.2 Å². The predicted octanol–water partition coefficient (Wildman–Crippen LogP) is 2.21. The maximum absolute atomic E-state index is 4.37. The monoisotopic (exact) mass is 190 g/mol. The highest BCUT2D eigenvalue weighted by molar-refractivity contribution is 5.09. The Morgan fingerprint density at radius 1 is 0.500 bits per heavy atom. The minimum absolute atomic E-state index is 0.525. The van der Waals surface area contributed by atoms with Gasteiger partial charge in [0.25, 0.3) is 0 Å². The van der Waals surface area contributed by atoms with E-state index in [2.05, 4.69) is 20.5 Å². The Kier molecular flexibility index (Phi) is 1.29. The van der Waals surface area contributed by atoms with Gasteiger partial charge in [-0.15, -0.1) is 0 Å². The molecule has 14 heavy (non-hydrogen) atoms. The van der Waals surface area contributed by atoms with Crippen molar-refractivity contribution < 1.29 is 0 Å². The molecule has 4 nitrogen and oxygen atoms in total. The average Bonchev–Trinajstić information content (AvgIpc) is 2.92. The van der Waals surface area contributed by atoms with Gasteiger partial charge < -0.3 is 0 Å². The lowest BCUT2D eigenvalue weighted by molar-refractivity contribution is 0.302. The minimum atomic E-state index is 0.525. The van der Waals surface area contributed by atoms with Gasteiger partial charge in [0.05, 0.1) is 24.2 Å². The molecule has 0 unspecified atom stereocenters. The summed E-state index contributed by atoms with van der Waals surface area (Å²) in [5.41, 5.74) is 0. The molecule has 4 atom stereocenters. The van der Waals surface area contributed by atoms with E-state index in [1.165, 1.54) is 25.7 Å². The van der Waals surface area contributed by atoms with E-state index in [1.807, 2.05) is 0 Å². The summed E-state index contributed by atoms with van der Waals surface area (Å²) in [5.74, 6) is 1.39. The third-order valence-corrected chi connectivity index (χ3v) is 4.46. The number of hydrogen-bond acceptors (Lipinski definition) is 4. The highest BCUT2D eigenvalue weighted by Gasteiger charge is 2.54. The van der Waals surface area contributed by atoms with Crippen molar-refractivity contribution in [2.24, 2.45) is 32.3 Å². The topological polar surface area (TPSA) is 49.4 Å². The summed E-state index contributed by atoms with van der Waals surface area (Å²) < 4.78 is 0. The molecule has 0 aromatic carbocycles. The van der Waals surface area contributed by atoms with Gasteiger partial charge in [-0.1, -0.05) is 0 Å². The van der Waals surface area contributed by atoms with Crippen molar-refractivity contribution in [1.29, 1.82) is 0 Å². The molecule has 0 saturated heterocycles. The van der Waals surface area contributed by atoms with Crippen molar-refractivity contribution >= 4 is 0 Å². The Morgan fingerprint density at radius 2 is 0.786 bits per heavy atom. The van der Waals surface area contributed by atoms with Crippen molar-refractivity contribution in [1.82, 2.24) is 0 Å². The van der Waals surface area contributed by atoms with E-state index in [-0.39, 0.29) is 0 Å². The highest BCUT2D eigenvalue weighted by Crippen LogP contribution is 2.50. The summed E-state index contributed by atoms with van der Waals surface area (Å²) in [4.78, 5) is 0. The molecule has 74 valence electrons. The summed E-state index contributed by atoms with van der Waals surface area (Å²) in [7, 11) is 0. The Bertz CT molecular complexity index is 264. The Balaban J connectivity index is 1.66. The van der Waals surface area contributed by atoms with Crippen LogP contribution in [0, 0.1) is 11.8 Å². The van der Waals surface area contributed by atoms with E-state index in [1.54, 1.807) is 0 Å². The number of rotatable bonds is 1. The lowest BCUT2D eigenvalue weighted by Gasteiger charge is -2.22. The quantitative estimate of drug-likeness (QED) is 0.608. The fraction of sp³-hybridized carbons (Fsp3) is 1.00. The van der Waals surface area contributed by atoms with Crippen LogP contribution in [0.4, 0.5) is 0 Å². The first kappa shape index (κ1) is 7.49. The second-order valence-electron chi connectivity index (χ2n) is 5.04. The average molecular weight is 190 g/mol. The zero-order valence-electron chi connectivity index (χ0n) is 8.08. The van der Waals surface area contributed by atoms with Gasteiger partial charge in [0.1, 0.15) is 0 Å². The Labute approximate surface area is 82.9 Å². The van der Waals surface area contributed by atoms with Gasteiger partial charge in [-0.3, -0.25) is 0 Å². The van der Waals surface area contributed by atoms with Gasteiger partial charge in [-0.05, 0) is 25.7 Å². The maximum Gasteiger partial charge on any atom is 0.0762 e. The number of fused-ring (bicyclic) bond motifs is 5. The van der Waals surface area contributed by atoms with Gasteiger partial charge in [0.15, 0.2) is 0 Å². The third kappa shape index (κ3) is 0.758. The predicted molar refractivity (Wildman–Crippen MR) is 50.3 cm³/mol. The first-order valence-electron chi connectivity index (χ1n) is 5.73. The molecule has 4 bridgehead atoms. The van der Waals surface area contributed by atoms with Crippen molar-refractivity contribution in [2.45, 2.75) is 49.9 Å². The Hall–Kier alpha value is -0.800. The van der Waals surface area contributed by atoms with Crippen LogP contribution in [0.1, 0.15) is 25.7 Å². The van der Waals surface area contributed by atoms with Crippen LogP contribution in [0.2, 0.25) is 0 Å². The van der Waals surface area contributed by atoms with Crippen molar-refractivity contribution in [3.63, 3.8) is 0 Å². The fourth-order valence-electron chi connectivity index (χ4n) is 3.87. The molecule has 2 fully saturated rings. The van der Waals surface area contributed by atoms with Gasteiger partial charge in [-0.2, -0.15) is 20.5 Å². The largest absolute Gasteiger partial charge is 0.190 e. The lowest BCUT2D eigenvalue weighted by atomic mass is 9.82. The molecule has 0 N–H and O–H groups in total. The third-order valence-electron chi connectivity index (χ3n) is 4.46. The second kappa shape index (κ2) is 2.41. The zero-order valence-corrected chi connectivity index (χ0v) is 8.08. The minimum Gasteiger partial charge on any atom is -0.190 e. The molecule has 2 aliphatic heterocycles. The van der Waals surface area contributed by atoms with Gasteiger partial charge in [-0.25, -0.2) is 0 Å². The van der Waals surface area contributed by atoms with Crippen molar-refractivity contribution in [3.05, 3.63) is 0 Å². The standard InChI is InChI=1S/C10H14N4/c1-2-6-9(5(1)11-12-6)10-7-3-4-8(10)14-13-7/h5-10H,1-4H2/t5-,6-,7+,8+. The van der Waals surface area contributed by atoms with Crippen LogP contribution in [0.25, 0.3) is 0 Å². The SMILES string of the molecule is C1C[C@@H]2N=N[C@@H]1C2C1[C@H]2CC[C@H]1N=N2. The summed E-state index contributed by atoms with van der Waals surface area (Å²) in [6, 6.07) is 2.10. The number of nitrogens with zero attached hydrogens (tertiary/aromatic N) is 4. The molecule has 2 heterocycles. The van der Waals surface area contributed by atoms with Gasteiger partial charge >= 0.3 is 0 Å². The fourth-order valence-corrected chi connectivity index (χ4v) is 3.87. The van der Waals surface area contributed by atoms with Crippen molar-refractivity contribution in [3.8, 4) is 0 Å². The molecule has 2 aliphatic carbocycles. The molecule has 4 rings (SSSR count). The molecular weight excluding hydrogens is 176 g/mol. The van der Waals surface area contributed by atoms with E-state index in [9.17, 15) is 0 Å². The van der Waals surface area contributed by atoms with Gasteiger partial charge in [0.2, 0.25) is 0 Å². The van der Waals surface area contributed by atoms with Crippen LogP contribution in [0.5, 0.6) is 0 Å². The van der Waals surface area contributed by atoms with E-state index < -0.39 is 0 Å². The maximum atomic E-state index is 4.37. The smallest absolute Gasteiger partial charge is 0.0762 e. The van der Waals surface area contributed by atoms with Crippen LogP contribution in [-0.2, 0) is 0 Å². The number of azo groups is 2. The highest BCUT2D eigenvalue weighted by atomic mass is 15.3. The molecule has 2 saturated carbocycles. The molecular formula is C10H14N4. The van der Waals surface area contributed by atoms with Crippen molar-refractivity contribution in [2.75, 3.05) is 0 Å². The number of hydrogen-bond donors (Lipinski definition) is 0. The summed E-state index contributed by atoms with van der Waals surface area (Å²) in [5, 5.41) is 17.5.